The van der Waals surface area contributed by atoms with E-state index in [4.69, 9.17) is 4.74 Å². The number of aryl methyl sites for hydroxylation is 1. The second kappa shape index (κ2) is 8.77. The Hall–Kier alpha value is -4.36. The molecule has 6 aromatic carbocycles. The lowest BCUT2D eigenvalue weighted by Gasteiger charge is -2.16. The Morgan fingerprint density at radius 3 is 2.03 bits per heavy atom. The van der Waals surface area contributed by atoms with Gasteiger partial charge in [0.15, 0.2) is 0 Å². The minimum atomic E-state index is 0.876. The minimum Gasteiger partial charge on any atom is -0.496 e. The summed E-state index contributed by atoms with van der Waals surface area (Å²) in [6, 6.07) is 43.5. The Kier molecular flexibility index (Phi) is 5.31. The molecule has 1 heteroatoms. The summed E-state index contributed by atoms with van der Waals surface area (Å²) in [5.41, 5.74) is 8.31. The Morgan fingerprint density at radius 1 is 0.457 bits per heavy atom. The summed E-state index contributed by atoms with van der Waals surface area (Å²) in [5.74, 6) is 0.876. The van der Waals surface area contributed by atoms with Gasteiger partial charge in [-0.2, -0.15) is 0 Å². The highest BCUT2D eigenvalue weighted by molar-refractivity contribution is 6.08. The van der Waals surface area contributed by atoms with Crippen LogP contribution in [-0.2, 0) is 0 Å². The molecule has 0 saturated carbocycles. The zero-order valence-electron chi connectivity index (χ0n) is 20.0. The maximum absolute atomic E-state index is 5.82. The van der Waals surface area contributed by atoms with Gasteiger partial charge in [0.25, 0.3) is 0 Å². The third-order valence-corrected chi connectivity index (χ3v) is 6.82. The Labute approximate surface area is 206 Å². The van der Waals surface area contributed by atoms with Crippen molar-refractivity contribution in [3.63, 3.8) is 0 Å². The molecule has 1 nitrogen and oxygen atoms in total. The number of fused-ring (bicyclic) bond motifs is 3. The normalized spacial score (nSPS) is 11.1. The number of methoxy groups -OCH3 is 1. The summed E-state index contributed by atoms with van der Waals surface area (Å²) in [4.78, 5) is 0. The molecule has 0 aliphatic carbocycles. The van der Waals surface area contributed by atoms with Gasteiger partial charge in [0.1, 0.15) is 5.75 Å². The number of hydrogen-bond donors (Lipinski definition) is 0. The van der Waals surface area contributed by atoms with Crippen LogP contribution in [0.25, 0.3) is 54.9 Å². The first kappa shape index (κ1) is 21.2. The van der Waals surface area contributed by atoms with E-state index in [1.807, 2.05) is 0 Å². The van der Waals surface area contributed by atoms with E-state index in [1.54, 1.807) is 7.11 Å². The van der Waals surface area contributed by atoms with Crippen LogP contribution in [0, 0.1) is 6.92 Å². The summed E-state index contributed by atoms with van der Waals surface area (Å²) < 4.78 is 5.82. The fraction of sp³-hybridized carbons (Fsp3) is 0.0588. The molecule has 0 aliphatic heterocycles. The van der Waals surface area contributed by atoms with Crippen LogP contribution in [0.3, 0.4) is 0 Å². The first-order chi connectivity index (χ1) is 17.2. The number of benzene rings is 6. The molecule has 0 aromatic heterocycles. The first-order valence-electron chi connectivity index (χ1n) is 12.0. The lowest BCUT2D eigenvalue weighted by Crippen LogP contribution is -1.92. The molecule has 0 amide bonds. The van der Waals surface area contributed by atoms with E-state index in [2.05, 4.69) is 128 Å². The van der Waals surface area contributed by atoms with Crippen LogP contribution < -0.4 is 4.74 Å². The summed E-state index contributed by atoms with van der Waals surface area (Å²) in [6.45, 7) is 2.14. The highest BCUT2D eigenvalue weighted by Crippen LogP contribution is 2.40. The van der Waals surface area contributed by atoms with Crippen molar-refractivity contribution in [3.05, 3.63) is 127 Å². The van der Waals surface area contributed by atoms with Gasteiger partial charge in [-0.05, 0) is 74.5 Å². The van der Waals surface area contributed by atoms with Gasteiger partial charge in [0.2, 0.25) is 0 Å². The summed E-state index contributed by atoms with van der Waals surface area (Å²) in [7, 11) is 1.74. The molecular weight excluding hydrogens is 424 g/mol. The third kappa shape index (κ3) is 3.86. The number of ether oxygens (including phenoxy) is 1. The van der Waals surface area contributed by atoms with Crippen LogP contribution in [0.4, 0.5) is 0 Å². The number of hydrogen-bond acceptors (Lipinski definition) is 1. The van der Waals surface area contributed by atoms with Crippen LogP contribution >= 0.6 is 0 Å². The first-order valence-corrected chi connectivity index (χ1v) is 12.0. The SMILES string of the molecule is COc1ccc(-c2ccc3c(ccc4ccccc43)c2)cc1-c1ccccc1-c1cccc(C)c1. The zero-order chi connectivity index (χ0) is 23.8. The Bertz CT molecular complexity index is 1690. The fourth-order valence-electron chi connectivity index (χ4n) is 5.07. The van der Waals surface area contributed by atoms with Crippen LogP contribution in [0.1, 0.15) is 5.56 Å². The Morgan fingerprint density at radius 2 is 1.17 bits per heavy atom. The molecule has 35 heavy (non-hydrogen) atoms. The minimum absolute atomic E-state index is 0.876. The molecule has 168 valence electrons. The smallest absolute Gasteiger partial charge is 0.126 e. The lowest BCUT2D eigenvalue weighted by atomic mass is 9.91. The topological polar surface area (TPSA) is 9.23 Å². The third-order valence-electron chi connectivity index (χ3n) is 6.82. The van der Waals surface area contributed by atoms with Crippen LogP contribution in [0.2, 0.25) is 0 Å². The molecule has 0 saturated heterocycles. The molecule has 0 unspecified atom stereocenters. The maximum atomic E-state index is 5.82. The van der Waals surface area contributed by atoms with Gasteiger partial charge in [-0.15, -0.1) is 0 Å². The van der Waals surface area contributed by atoms with E-state index in [9.17, 15) is 0 Å². The van der Waals surface area contributed by atoms with Crippen molar-refractivity contribution in [3.8, 4) is 39.1 Å². The van der Waals surface area contributed by atoms with Crippen LogP contribution in [0.15, 0.2) is 121 Å². The Balaban J connectivity index is 1.51. The molecule has 0 N–H and O–H groups in total. The maximum Gasteiger partial charge on any atom is 0.126 e. The van der Waals surface area contributed by atoms with E-state index in [-0.39, 0.29) is 0 Å². The average molecular weight is 451 g/mol. The molecule has 0 spiro atoms. The van der Waals surface area contributed by atoms with Crippen molar-refractivity contribution < 1.29 is 4.74 Å². The molecule has 0 radical (unpaired) electrons. The molecule has 0 atom stereocenters. The van der Waals surface area contributed by atoms with E-state index in [1.165, 1.54) is 54.9 Å². The summed E-state index contributed by atoms with van der Waals surface area (Å²) in [5, 5.41) is 5.09. The second-order valence-corrected chi connectivity index (χ2v) is 9.05. The highest BCUT2D eigenvalue weighted by atomic mass is 16.5. The van der Waals surface area contributed by atoms with Crippen molar-refractivity contribution in [2.75, 3.05) is 7.11 Å². The molecule has 6 aromatic rings. The molecule has 0 aliphatic rings. The molecule has 0 heterocycles. The quantitative estimate of drug-likeness (QED) is 0.243. The van der Waals surface area contributed by atoms with Gasteiger partial charge in [-0.1, -0.05) is 109 Å². The molecular formula is C34H26O. The largest absolute Gasteiger partial charge is 0.496 e. The highest BCUT2D eigenvalue weighted by Gasteiger charge is 2.14. The van der Waals surface area contributed by atoms with E-state index >= 15 is 0 Å². The molecule has 0 bridgehead atoms. The fourth-order valence-corrected chi connectivity index (χ4v) is 5.07. The van der Waals surface area contributed by atoms with Gasteiger partial charge in [-0.3, -0.25) is 0 Å². The molecule has 0 fully saturated rings. The van der Waals surface area contributed by atoms with Gasteiger partial charge in [-0.25, -0.2) is 0 Å². The van der Waals surface area contributed by atoms with Crippen molar-refractivity contribution in [2.45, 2.75) is 6.92 Å². The summed E-state index contributed by atoms with van der Waals surface area (Å²) >= 11 is 0. The van der Waals surface area contributed by atoms with Crippen molar-refractivity contribution in [2.24, 2.45) is 0 Å². The second-order valence-electron chi connectivity index (χ2n) is 9.05. The van der Waals surface area contributed by atoms with Crippen LogP contribution in [-0.4, -0.2) is 7.11 Å². The van der Waals surface area contributed by atoms with Gasteiger partial charge in [0.05, 0.1) is 7.11 Å². The monoisotopic (exact) mass is 450 g/mol. The van der Waals surface area contributed by atoms with Crippen molar-refractivity contribution in [1.82, 2.24) is 0 Å². The van der Waals surface area contributed by atoms with Gasteiger partial charge >= 0.3 is 0 Å². The standard InChI is InChI=1S/C34H26O/c1-23-8-7-10-27(20-23)30-12-5-6-13-32(30)33-22-26(17-19-34(33)35-2)25-16-18-31-28(21-25)15-14-24-9-3-4-11-29(24)31/h3-22H,1-2H3. The van der Waals surface area contributed by atoms with Gasteiger partial charge in [0, 0.05) is 5.56 Å². The van der Waals surface area contributed by atoms with Crippen molar-refractivity contribution >= 4 is 21.5 Å². The predicted octanol–water partition coefficient (Wildman–Crippen LogP) is 9.31. The molecule has 6 rings (SSSR count). The van der Waals surface area contributed by atoms with E-state index in [0.29, 0.717) is 0 Å². The van der Waals surface area contributed by atoms with Crippen molar-refractivity contribution in [1.29, 1.82) is 0 Å². The van der Waals surface area contributed by atoms with Gasteiger partial charge < -0.3 is 4.74 Å². The van der Waals surface area contributed by atoms with E-state index < -0.39 is 0 Å². The summed E-state index contributed by atoms with van der Waals surface area (Å²) in [6.07, 6.45) is 0. The number of rotatable bonds is 4. The average Bonchev–Trinajstić information content (AvgIpc) is 2.92. The lowest BCUT2D eigenvalue weighted by molar-refractivity contribution is 0.416. The zero-order valence-corrected chi connectivity index (χ0v) is 20.0. The van der Waals surface area contributed by atoms with Crippen LogP contribution in [0.5, 0.6) is 5.75 Å². The van der Waals surface area contributed by atoms with E-state index in [0.717, 1.165) is 11.3 Å². The predicted molar refractivity (Wildman–Crippen MR) is 149 cm³/mol.